The summed E-state index contributed by atoms with van der Waals surface area (Å²) in [4.78, 5) is 14.6. The largest absolute Gasteiger partial charge is 0.469 e. The molecule has 2 N–H and O–H groups in total. The second-order valence-electron chi connectivity index (χ2n) is 3.89. The van der Waals surface area contributed by atoms with E-state index in [1.54, 1.807) is 0 Å². The summed E-state index contributed by atoms with van der Waals surface area (Å²) >= 11 is 1.83. The van der Waals surface area contributed by atoms with E-state index in [9.17, 15) is 4.79 Å². The fourth-order valence-corrected chi connectivity index (χ4v) is 2.88. The lowest BCUT2D eigenvalue weighted by Gasteiger charge is -2.30. The number of methoxy groups -OCH3 is 1. The van der Waals surface area contributed by atoms with Crippen LogP contribution in [-0.2, 0) is 9.53 Å². The van der Waals surface area contributed by atoms with Gasteiger partial charge in [0.05, 0.1) is 19.2 Å². The molecule has 92 valence electrons. The van der Waals surface area contributed by atoms with Gasteiger partial charge in [-0.1, -0.05) is 0 Å². The van der Waals surface area contributed by atoms with E-state index < -0.39 is 0 Å². The van der Waals surface area contributed by atoms with Crippen molar-refractivity contribution in [2.75, 3.05) is 36.6 Å². The Morgan fingerprint density at radius 1 is 1.59 bits per heavy atom. The number of carbonyl (C=O) groups is 1. The number of esters is 1. The van der Waals surface area contributed by atoms with Gasteiger partial charge in [0, 0.05) is 29.4 Å². The van der Waals surface area contributed by atoms with Gasteiger partial charge in [-0.25, -0.2) is 0 Å². The number of benzene rings is 1. The summed E-state index contributed by atoms with van der Waals surface area (Å²) in [7, 11) is 1.42. The molecule has 0 aliphatic carbocycles. The molecule has 0 unspecified atom stereocenters. The van der Waals surface area contributed by atoms with Crippen LogP contribution < -0.4 is 10.6 Å². The monoisotopic (exact) mass is 252 g/mol. The topological polar surface area (TPSA) is 55.6 Å². The van der Waals surface area contributed by atoms with Crippen molar-refractivity contribution in [3.63, 3.8) is 0 Å². The van der Waals surface area contributed by atoms with Gasteiger partial charge in [-0.15, -0.1) is 11.8 Å². The number of anilines is 2. The standard InChI is InChI=1S/C12H16N2O2S/c1-16-12(15)4-5-14-6-7-17-11-3-2-9(13)8-10(11)14/h2-3,8H,4-7,13H2,1H3. The predicted octanol–water partition coefficient (Wildman–Crippen LogP) is 1.74. The van der Waals surface area contributed by atoms with Gasteiger partial charge in [-0.3, -0.25) is 4.79 Å². The van der Waals surface area contributed by atoms with Gasteiger partial charge in [0.2, 0.25) is 0 Å². The van der Waals surface area contributed by atoms with Crippen molar-refractivity contribution in [2.24, 2.45) is 0 Å². The Morgan fingerprint density at radius 3 is 3.18 bits per heavy atom. The number of nitrogens with two attached hydrogens (primary N) is 1. The number of thioether (sulfide) groups is 1. The third-order valence-electron chi connectivity index (χ3n) is 2.76. The van der Waals surface area contributed by atoms with Crippen molar-refractivity contribution in [2.45, 2.75) is 11.3 Å². The Balaban J connectivity index is 2.11. The van der Waals surface area contributed by atoms with Crippen LogP contribution in [0.25, 0.3) is 0 Å². The van der Waals surface area contributed by atoms with E-state index in [-0.39, 0.29) is 5.97 Å². The van der Waals surface area contributed by atoms with Crippen LogP contribution in [0.15, 0.2) is 23.1 Å². The lowest BCUT2D eigenvalue weighted by molar-refractivity contribution is -0.140. The van der Waals surface area contributed by atoms with Crippen molar-refractivity contribution < 1.29 is 9.53 Å². The highest BCUT2D eigenvalue weighted by molar-refractivity contribution is 7.99. The molecule has 4 nitrogen and oxygen atoms in total. The van der Waals surface area contributed by atoms with Crippen LogP contribution >= 0.6 is 11.8 Å². The maximum absolute atomic E-state index is 11.2. The van der Waals surface area contributed by atoms with E-state index in [2.05, 4.69) is 9.64 Å². The number of rotatable bonds is 3. The fraction of sp³-hybridized carbons (Fsp3) is 0.417. The lowest BCUT2D eigenvalue weighted by Crippen LogP contribution is -2.31. The van der Waals surface area contributed by atoms with Gasteiger partial charge in [0.25, 0.3) is 0 Å². The zero-order chi connectivity index (χ0) is 12.3. The highest BCUT2D eigenvalue weighted by Gasteiger charge is 2.18. The van der Waals surface area contributed by atoms with Gasteiger partial charge < -0.3 is 15.4 Å². The summed E-state index contributed by atoms with van der Waals surface area (Å²) in [6, 6.07) is 5.92. The van der Waals surface area contributed by atoms with Crippen molar-refractivity contribution in [3.8, 4) is 0 Å². The van der Waals surface area contributed by atoms with Crippen LogP contribution in [0, 0.1) is 0 Å². The molecule has 5 heteroatoms. The molecule has 0 bridgehead atoms. The molecule has 0 radical (unpaired) electrons. The summed E-state index contributed by atoms with van der Waals surface area (Å²) in [6.07, 6.45) is 0.412. The summed E-state index contributed by atoms with van der Waals surface area (Å²) < 4.78 is 4.66. The molecule has 17 heavy (non-hydrogen) atoms. The Morgan fingerprint density at radius 2 is 2.41 bits per heavy atom. The van der Waals surface area contributed by atoms with Gasteiger partial charge in [-0.05, 0) is 18.2 Å². The molecule has 1 aliphatic rings. The third kappa shape index (κ3) is 2.85. The number of carbonyl (C=O) groups excluding carboxylic acids is 1. The highest BCUT2D eigenvalue weighted by Crippen LogP contribution is 2.35. The first kappa shape index (κ1) is 12.1. The van der Waals surface area contributed by atoms with Gasteiger partial charge in [0.15, 0.2) is 0 Å². The minimum Gasteiger partial charge on any atom is -0.469 e. The van der Waals surface area contributed by atoms with E-state index >= 15 is 0 Å². The van der Waals surface area contributed by atoms with Crippen LogP contribution in [0.1, 0.15) is 6.42 Å². The smallest absolute Gasteiger partial charge is 0.307 e. The SMILES string of the molecule is COC(=O)CCN1CCSc2ccc(N)cc21. The molecule has 0 spiro atoms. The Hall–Kier alpha value is -1.36. The fourth-order valence-electron chi connectivity index (χ4n) is 1.85. The van der Waals surface area contributed by atoms with E-state index in [4.69, 9.17) is 5.73 Å². The quantitative estimate of drug-likeness (QED) is 0.656. The van der Waals surface area contributed by atoms with E-state index in [1.807, 2.05) is 30.0 Å². The Labute approximate surface area is 105 Å². The number of nitrogens with zero attached hydrogens (tertiary/aromatic N) is 1. The Bertz CT molecular complexity index is 423. The van der Waals surface area contributed by atoms with Crippen molar-refractivity contribution in [3.05, 3.63) is 18.2 Å². The van der Waals surface area contributed by atoms with Crippen LogP contribution in [0.4, 0.5) is 11.4 Å². The molecule has 1 aromatic carbocycles. The molecule has 1 heterocycles. The minimum atomic E-state index is -0.173. The number of ether oxygens (including phenoxy) is 1. The molecule has 0 atom stereocenters. The van der Waals surface area contributed by atoms with Crippen molar-refractivity contribution in [1.29, 1.82) is 0 Å². The maximum Gasteiger partial charge on any atom is 0.307 e. The first-order valence-corrected chi connectivity index (χ1v) is 6.53. The second-order valence-corrected chi connectivity index (χ2v) is 5.03. The van der Waals surface area contributed by atoms with Crippen LogP contribution in [-0.4, -0.2) is 31.9 Å². The minimum absolute atomic E-state index is 0.173. The molecule has 2 rings (SSSR count). The number of fused-ring (bicyclic) bond motifs is 1. The van der Waals surface area contributed by atoms with Crippen molar-refractivity contribution >= 4 is 29.1 Å². The van der Waals surface area contributed by atoms with Crippen molar-refractivity contribution in [1.82, 2.24) is 0 Å². The molecule has 0 amide bonds. The number of hydrogen-bond acceptors (Lipinski definition) is 5. The molecule has 0 fully saturated rings. The normalized spacial score (nSPS) is 14.3. The maximum atomic E-state index is 11.2. The Kier molecular flexibility index (Phi) is 3.78. The summed E-state index contributed by atoms with van der Waals surface area (Å²) in [6.45, 7) is 1.63. The summed E-state index contributed by atoms with van der Waals surface area (Å²) in [5.74, 6) is 0.867. The zero-order valence-electron chi connectivity index (χ0n) is 9.81. The molecule has 1 aliphatic heterocycles. The molecular formula is C12H16N2O2S. The third-order valence-corrected chi connectivity index (χ3v) is 3.80. The number of hydrogen-bond donors (Lipinski definition) is 1. The molecule has 0 saturated heterocycles. The van der Waals surface area contributed by atoms with Gasteiger partial charge in [-0.2, -0.15) is 0 Å². The van der Waals surface area contributed by atoms with E-state index in [1.165, 1.54) is 12.0 Å². The zero-order valence-corrected chi connectivity index (χ0v) is 10.6. The molecule has 1 aromatic rings. The van der Waals surface area contributed by atoms with Crippen LogP contribution in [0.2, 0.25) is 0 Å². The lowest BCUT2D eigenvalue weighted by atomic mass is 10.2. The van der Waals surface area contributed by atoms with Gasteiger partial charge in [0.1, 0.15) is 0 Å². The summed E-state index contributed by atoms with van der Waals surface area (Å²) in [5, 5.41) is 0. The predicted molar refractivity (Wildman–Crippen MR) is 70.4 cm³/mol. The molecule has 0 saturated carbocycles. The molecular weight excluding hydrogens is 236 g/mol. The summed E-state index contributed by atoms with van der Waals surface area (Å²) in [5.41, 5.74) is 7.69. The average molecular weight is 252 g/mol. The first-order chi connectivity index (χ1) is 8.20. The van der Waals surface area contributed by atoms with Crippen LogP contribution in [0.5, 0.6) is 0 Å². The number of nitrogen functional groups attached to an aromatic ring is 1. The average Bonchev–Trinajstić information content (AvgIpc) is 2.35. The van der Waals surface area contributed by atoms with Gasteiger partial charge >= 0.3 is 5.97 Å². The second kappa shape index (κ2) is 5.31. The highest BCUT2D eigenvalue weighted by atomic mass is 32.2. The first-order valence-electron chi connectivity index (χ1n) is 5.55. The van der Waals surface area contributed by atoms with E-state index in [0.717, 1.165) is 23.7 Å². The van der Waals surface area contributed by atoms with E-state index in [0.29, 0.717) is 13.0 Å². The molecule has 0 aromatic heterocycles. The van der Waals surface area contributed by atoms with Crippen LogP contribution in [0.3, 0.4) is 0 Å².